The van der Waals surface area contributed by atoms with Gasteiger partial charge in [0.15, 0.2) is 5.11 Å². The highest BCUT2D eigenvalue weighted by Crippen LogP contribution is 2.28. The first kappa shape index (κ1) is 19.9. The molecular formula is C21H25N3O3S. The van der Waals surface area contributed by atoms with Crippen LogP contribution in [0.3, 0.4) is 0 Å². The first-order valence-electron chi connectivity index (χ1n) is 9.34. The van der Waals surface area contributed by atoms with Crippen molar-refractivity contribution in [1.29, 1.82) is 0 Å². The Hall–Kier alpha value is -2.80. The Morgan fingerprint density at radius 3 is 2.46 bits per heavy atom. The number of hydrogen-bond acceptors (Lipinski definition) is 5. The summed E-state index contributed by atoms with van der Waals surface area (Å²) in [5.41, 5.74) is 2.24. The van der Waals surface area contributed by atoms with Gasteiger partial charge in [-0.1, -0.05) is 24.3 Å². The van der Waals surface area contributed by atoms with Crippen LogP contribution in [0, 0.1) is 0 Å². The summed E-state index contributed by atoms with van der Waals surface area (Å²) < 4.78 is 10.6. The Morgan fingerprint density at radius 2 is 1.75 bits per heavy atom. The first-order valence-corrected chi connectivity index (χ1v) is 9.75. The van der Waals surface area contributed by atoms with Crippen molar-refractivity contribution in [2.75, 3.05) is 50.1 Å². The Labute approximate surface area is 171 Å². The maximum Gasteiger partial charge on any atom is 0.340 e. The third-order valence-corrected chi connectivity index (χ3v) is 5.02. The molecule has 1 aliphatic rings. The normalized spacial score (nSPS) is 13.8. The molecule has 0 bridgehead atoms. The predicted molar refractivity (Wildman–Crippen MR) is 115 cm³/mol. The van der Waals surface area contributed by atoms with Crippen LogP contribution in [0.15, 0.2) is 48.5 Å². The molecule has 1 N–H and O–H groups in total. The average Bonchev–Trinajstić information content (AvgIpc) is 2.74. The molecule has 1 aliphatic heterocycles. The van der Waals surface area contributed by atoms with Crippen LogP contribution < -0.4 is 15.0 Å². The minimum atomic E-state index is -0.352. The molecule has 0 unspecified atom stereocenters. The quantitative estimate of drug-likeness (QED) is 0.611. The number of nitrogens with one attached hydrogen (secondary N) is 1. The van der Waals surface area contributed by atoms with Crippen molar-refractivity contribution in [3.05, 3.63) is 54.1 Å². The average molecular weight is 400 g/mol. The number of ether oxygens (including phenoxy) is 2. The maximum atomic E-state index is 12.1. The highest BCUT2D eigenvalue weighted by Gasteiger charge is 2.22. The molecule has 3 rings (SSSR count). The van der Waals surface area contributed by atoms with Gasteiger partial charge in [0.05, 0.1) is 30.7 Å². The Morgan fingerprint density at radius 1 is 1.07 bits per heavy atom. The molecule has 7 heteroatoms. The van der Waals surface area contributed by atoms with Gasteiger partial charge in [0.2, 0.25) is 0 Å². The molecule has 0 atom stereocenters. The van der Waals surface area contributed by atoms with Crippen molar-refractivity contribution in [3.63, 3.8) is 0 Å². The highest BCUT2D eigenvalue weighted by atomic mass is 32.1. The van der Waals surface area contributed by atoms with Crippen LogP contribution in [0.25, 0.3) is 0 Å². The van der Waals surface area contributed by atoms with Crippen LogP contribution in [0.2, 0.25) is 0 Å². The second-order valence-corrected chi connectivity index (χ2v) is 6.73. The summed E-state index contributed by atoms with van der Waals surface area (Å²) in [6, 6.07) is 15.3. The molecule has 1 fully saturated rings. The van der Waals surface area contributed by atoms with E-state index in [1.807, 2.05) is 36.4 Å². The number of methoxy groups -OCH3 is 1. The van der Waals surface area contributed by atoms with Crippen LogP contribution in [-0.2, 0) is 4.74 Å². The summed E-state index contributed by atoms with van der Waals surface area (Å²) >= 11 is 5.59. The third-order valence-electron chi connectivity index (χ3n) is 4.66. The van der Waals surface area contributed by atoms with Crippen molar-refractivity contribution in [3.8, 4) is 5.75 Å². The molecule has 6 nitrogen and oxygen atoms in total. The van der Waals surface area contributed by atoms with E-state index in [0.717, 1.165) is 37.6 Å². The van der Waals surface area contributed by atoms with Gasteiger partial charge in [-0.05, 0) is 43.4 Å². The van der Waals surface area contributed by atoms with E-state index in [1.54, 1.807) is 20.1 Å². The molecule has 1 heterocycles. The lowest BCUT2D eigenvalue weighted by Gasteiger charge is -2.38. The number of esters is 1. The fourth-order valence-corrected chi connectivity index (χ4v) is 3.51. The molecule has 28 heavy (non-hydrogen) atoms. The summed E-state index contributed by atoms with van der Waals surface area (Å²) in [5.74, 6) is 0.523. The topological polar surface area (TPSA) is 54.0 Å². The number of piperazine rings is 1. The molecule has 0 aliphatic carbocycles. The molecule has 1 saturated heterocycles. The minimum absolute atomic E-state index is 0.336. The van der Waals surface area contributed by atoms with Gasteiger partial charge in [-0.25, -0.2) is 4.79 Å². The standard InChI is InChI=1S/C21H25N3O3S/c1-3-27-20(25)16-8-4-5-9-17(16)22-21(28)24-14-12-23(13-15-24)18-10-6-7-11-19(18)26-2/h4-11H,3,12-15H2,1-2H3,(H,22,28). The minimum Gasteiger partial charge on any atom is -0.495 e. The molecule has 0 spiro atoms. The number of benzene rings is 2. The van der Waals surface area contributed by atoms with Crippen molar-refractivity contribution >= 4 is 34.7 Å². The maximum absolute atomic E-state index is 12.1. The summed E-state index contributed by atoms with van der Waals surface area (Å²) in [7, 11) is 1.69. The molecule has 2 aromatic rings. The van der Waals surface area contributed by atoms with E-state index < -0.39 is 0 Å². The number of carbonyl (C=O) groups excluding carboxylic acids is 1. The third kappa shape index (κ3) is 4.54. The largest absolute Gasteiger partial charge is 0.495 e. The van der Waals surface area contributed by atoms with E-state index in [4.69, 9.17) is 21.7 Å². The van der Waals surface area contributed by atoms with Crippen molar-refractivity contribution < 1.29 is 14.3 Å². The molecule has 0 amide bonds. The van der Waals surface area contributed by atoms with Crippen LogP contribution in [0.5, 0.6) is 5.75 Å². The van der Waals surface area contributed by atoms with Crippen LogP contribution in [0.1, 0.15) is 17.3 Å². The van der Waals surface area contributed by atoms with E-state index in [1.165, 1.54) is 0 Å². The van der Waals surface area contributed by atoms with Crippen LogP contribution in [-0.4, -0.2) is 55.9 Å². The molecular weight excluding hydrogens is 374 g/mol. The monoisotopic (exact) mass is 399 g/mol. The fraction of sp³-hybridized carbons (Fsp3) is 0.333. The molecule has 148 valence electrons. The van der Waals surface area contributed by atoms with Crippen LogP contribution >= 0.6 is 12.2 Å². The zero-order valence-electron chi connectivity index (χ0n) is 16.2. The predicted octanol–water partition coefficient (Wildman–Crippen LogP) is 3.39. The second-order valence-electron chi connectivity index (χ2n) is 6.34. The second kappa shape index (κ2) is 9.41. The van der Waals surface area contributed by atoms with E-state index in [-0.39, 0.29) is 5.97 Å². The summed E-state index contributed by atoms with van der Waals surface area (Å²) in [5, 5.41) is 3.82. The first-order chi connectivity index (χ1) is 13.6. The van der Waals surface area contributed by atoms with Gasteiger partial charge in [-0.2, -0.15) is 0 Å². The van der Waals surface area contributed by atoms with Gasteiger partial charge in [0, 0.05) is 26.2 Å². The van der Waals surface area contributed by atoms with Gasteiger partial charge >= 0.3 is 5.97 Å². The molecule has 0 aromatic heterocycles. The number of rotatable bonds is 5. The Kier molecular flexibility index (Phi) is 6.71. The van der Waals surface area contributed by atoms with Gasteiger partial charge in [-0.3, -0.25) is 0 Å². The number of para-hydroxylation sites is 3. The van der Waals surface area contributed by atoms with Gasteiger partial charge in [0.25, 0.3) is 0 Å². The van der Waals surface area contributed by atoms with E-state index in [9.17, 15) is 4.79 Å². The number of thiocarbonyl (C=S) groups is 1. The summed E-state index contributed by atoms with van der Waals surface area (Å²) in [6.07, 6.45) is 0. The van der Waals surface area contributed by atoms with Crippen LogP contribution in [0.4, 0.5) is 11.4 Å². The smallest absolute Gasteiger partial charge is 0.340 e. The van der Waals surface area contributed by atoms with Gasteiger partial charge in [-0.15, -0.1) is 0 Å². The van der Waals surface area contributed by atoms with Crippen molar-refractivity contribution in [2.24, 2.45) is 0 Å². The number of nitrogens with zero attached hydrogens (tertiary/aromatic N) is 2. The lowest BCUT2D eigenvalue weighted by molar-refractivity contribution is 0.0527. The number of carbonyl (C=O) groups is 1. The fourth-order valence-electron chi connectivity index (χ4n) is 3.21. The van der Waals surface area contributed by atoms with E-state index in [0.29, 0.717) is 23.0 Å². The Balaban J connectivity index is 1.63. The summed E-state index contributed by atoms with van der Waals surface area (Å²) in [6.45, 7) is 5.36. The molecule has 0 radical (unpaired) electrons. The highest BCUT2D eigenvalue weighted by molar-refractivity contribution is 7.80. The zero-order valence-corrected chi connectivity index (χ0v) is 17.0. The summed E-state index contributed by atoms with van der Waals surface area (Å²) in [4.78, 5) is 16.6. The van der Waals surface area contributed by atoms with Gasteiger partial charge < -0.3 is 24.6 Å². The lowest BCUT2D eigenvalue weighted by atomic mass is 10.2. The molecule has 0 saturated carbocycles. The van der Waals surface area contributed by atoms with Crippen molar-refractivity contribution in [1.82, 2.24) is 4.90 Å². The van der Waals surface area contributed by atoms with E-state index >= 15 is 0 Å². The van der Waals surface area contributed by atoms with E-state index in [2.05, 4.69) is 21.2 Å². The Bertz CT molecular complexity index is 835. The van der Waals surface area contributed by atoms with Gasteiger partial charge in [0.1, 0.15) is 5.75 Å². The number of hydrogen-bond donors (Lipinski definition) is 1. The van der Waals surface area contributed by atoms with Crippen molar-refractivity contribution in [2.45, 2.75) is 6.92 Å². The zero-order chi connectivity index (χ0) is 19.9. The molecule has 2 aromatic carbocycles. The number of anilines is 2. The SMILES string of the molecule is CCOC(=O)c1ccccc1NC(=S)N1CCN(c2ccccc2OC)CC1. The lowest BCUT2D eigenvalue weighted by Crippen LogP contribution is -2.50.